The van der Waals surface area contributed by atoms with Crippen LogP contribution in [0, 0.1) is 5.41 Å². The Morgan fingerprint density at radius 2 is 1.94 bits per heavy atom. The van der Waals surface area contributed by atoms with E-state index in [1.807, 2.05) is 6.92 Å². The third-order valence-electron chi connectivity index (χ3n) is 3.14. The van der Waals surface area contributed by atoms with Crippen LogP contribution in [0.5, 0.6) is 0 Å². The minimum absolute atomic E-state index is 0.159. The molecule has 102 valence electrons. The molecule has 0 heterocycles. The second-order valence-electron chi connectivity index (χ2n) is 4.49. The molecular formula is C13H27NO3. The van der Waals surface area contributed by atoms with E-state index in [9.17, 15) is 4.79 Å². The Labute approximate surface area is 105 Å². The van der Waals surface area contributed by atoms with E-state index in [2.05, 4.69) is 6.92 Å². The molecule has 0 saturated carbocycles. The van der Waals surface area contributed by atoms with Crippen molar-refractivity contribution in [3.8, 4) is 0 Å². The van der Waals surface area contributed by atoms with Crippen LogP contribution in [0.15, 0.2) is 0 Å². The highest BCUT2D eigenvalue weighted by Gasteiger charge is 2.36. The molecule has 0 amide bonds. The molecule has 4 nitrogen and oxygen atoms in total. The van der Waals surface area contributed by atoms with Crippen molar-refractivity contribution in [1.29, 1.82) is 0 Å². The number of aliphatic hydroxyl groups is 1. The molecule has 4 heteroatoms. The van der Waals surface area contributed by atoms with Gasteiger partial charge in [-0.15, -0.1) is 0 Å². The summed E-state index contributed by atoms with van der Waals surface area (Å²) in [5, 5.41) is 8.73. The molecule has 0 aromatic heterocycles. The molecule has 0 fully saturated rings. The molecule has 1 unspecified atom stereocenters. The van der Waals surface area contributed by atoms with Gasteiger partial charge in [0.1, 0.15) is 0 Å². The van der Waals surface area contributed by atoms with E-state index in [4.69, 9.17) is 15.6 Å². The van der Waals surface area contributed by atoms with Gasteiger partial charge >= 0.3 is 5.97 Å². The molecular weight excluding hydrogens is 218 g/mol. The van der Waals surface area contributed by atoms with Gasteiger partial charge in [0.05, 0.1) is 12.0 Å². The monoisotopic (exact) mass is 245 g/mol. The normalized spacial score (nSPS) is 14.4. The minimum atomic E-state index is -0.514. The van der Waals surface area contributed by atoms with Gasteiger partial charge in [-0.05, 0) is 26.2 Å². The van der Waals surface area contributed by atoms with Gasteiger partial charge in [0.15, 0.2) is 0 Å². The van der Waals surface area contributed by atoms with Crippen molar-refractivity contribution in [2.75, 3.05) is 19.8 Å². The summed E-state index contributed by atoms with van der Waals surface area (Å²) in [4.78, 5) is 12.0. The van der Waals surface area contributed by atoms with Crippen LogP contribution in [-0.2, 0) is 9.53 Å². The van der Waals surface area contributed by atoms with E-state index in [-0.39, 0.29) is 12.6 Å². The van der Waals surface area contributed by atoms with Crippen molar-refractivity contribution in [2.24, 2.45) is 11.1 Å². The zero-order valence-corrected chi connectivity index (χ0v) is 11.2. The predicted octanol–water partition coefficient (Wildman–Crippen LogP) is 1.85. The van der Waals surface area contributed by atoms with E-state index in [0.29, 0.717) is 13.2 Å². The summed E-state index contributed by atoms with van der Waals surface area (Å²) in [6.07, 6.45) is 5.10. The van der Waals surface area contributed by atoms with Crippen molar-refractivity contribution < 1.29 is 14.6 Å². The van der Waals surface area contributed by atoms with Gasteiger partial charge in [-0.2, -0.15) is 0 Å². The van der Waals surface area contributed by atoms with Crippen LogP contribution in [0.1, 0.15) is 52.4 Å². The number of carbonyl (C=O) groups excluding carboxylic acids is 1. The SMILES string of the molecule is CCCC(CN)(CCCCCO)C(=O)OCC. The lowest BCUT2D eigenvalue weighted by Gasteiger charge is -2.29. The van der Waals surface area contributed by atoms with Gasteiger partial charge in [0.2, 0.25) is 0 Å². The van der Waals surface area contributed by atoms with E-state index in [0.717, 1.165) is 38.5 Å². The molecule has 0 radical (unpaired) electrons. The summed E-state index contributed by atoms with van der Waals surface area (Å²) in [5.41, 5.74) is 5.28. The summed E-state index contributed by atoms with van der Waals surface area (Å²) in [6, 6.07) is 0. The summed E-state index contributed by atoms with van der Waals surface area (Å²) < 4.78 is 5.14. The Kier molecular flexibility index (Phi) is 9.09. The second kappa shape index (κ2) is 9.42. The average molecular weight is 245 g/mol. The first-order chi connectivity index (χ1) is 8.16. The summed E-state index contributed by atoms with van der Waals surface area (Å²) in [5.74, 6) is -0.159. The topological polar surface area (TPSA) is 72.5 Å². The molecule has 0 aromatic carbocycles. The zero-order valence-electron chi connectivity index (χ0n) is 11.2. The molecule has 0 aliphatic rings. The number of hydrogen-bond acceptors (Lipinski definition) is 4. The molecule has 0 saturated heterocycles. The fourth-order valence-electron chi connectivity index (χ4n) is 2.13. The third kappa shape index (κ3) is 5.50. The Hall–Kier alpha value is -0.610. The number of ether oxygens (including phenoxy) is 1. The highest BCUT2D eigenvalue weighted by Crippen LogP contribution is 2.31. The van der Waals surface area contributed by atoms with E-state index in [1.54, 1.807) is 0 Å². The summed E-state index contributed by atoms with van der Waals surface area (Å²) in [6.45, 7) is 4.83. The predicted molar refractivity (Wildman–Crippen MR) is 68.6 cm³/mol. The summed E-state index contributed by atoms with van der Waals surface area (Å²) in [7, 11) is 0. The molecule has 0 spiro atoms. The number of nitrogens with two attached hydrogens (primary N) is 1. The third-order valence-corrected chi connectivity index (χ3v) is 3.14. The number of unbranched alkanes of at least 4 members (excludes halogenated alkanes) is 2. The first-order valence-electron chi connectivity index (χ1n) is 6.65. The van der Waals surface area contributed by atoms with Crippen molar-refractivity contribution in [2.45, 2.75) is 52.4 Å². The van der Waals surface area contributed by atoms with E-state index < -0.39 is 5.41 Å². The number of hydrogen-bond donors (Lipinski definition) is 2. The van der Waals surface area contributed by atoms with E-state index >= 15 is 0 Å². The van der Waals surface area contributed by atoms with Gasteiger partial charge in [0.25, 0.3) is 0 Å². The van der Waals surface area contributed by atoms with Crippen molar-refractivity contribution in [3.63, 3.8) is 0 Å². The molecule has 0 bridgehead atoms. The smallest absolute Gasteiger partial charge is 0.313 e. The largest absolute Gasteiger partial charge is 0.466 e. The van der Waals surface area contributed by atoms with Crippen LogP contribution in [0.4, 0.5) is 0 Å². The Bertz CT molecular complexity index is 209. The maximum Gasteiger partial charge on any atom is 0.313 e. The Morgan fingerprint density at radius 3 is 2.41 bits per heavy atom. The summed E-state index contributed by atoms with van der Waals surface area (Å²) >= 11 is 0. The molecule has 0 aliphatic heterocycles. The molecule has 17 heavy (non-hydrogen) atoms. The fourth-order valence-corrected chi connectivity index (χ4v) is 2.13. The van der Waals surface area contributed by atoms with Gasteiger partial charge in [-0.1, -0.05) is 26.2 Å². The lowest BCUT2D eigenvalue weighted by Crippen LogP contribution is -2.40. The van der Waals surface area contributed by atoms with Crippen molar-refractivity contribution >= 4 is 5.97 Å². The maximum absolute atomic E-state index is 12.0. The molecule has 1 atom stereocenters. The standard InChI is InChI=1S/C13H27NO3/c1-3-8-13(11-14,12(16)17-4-2)9-6-5-7-10-15/h15H,3-11,14H2,1-2H3. The van der Waals surface area contributed by atoms with Crippen LogP contribution in [-0.4, -0.2) is 30.8 Å². The minimum Gasteiger partial charge on any atom is -0.466 e. The van der Waals surface area contributed by atoms with Crippen LogP contribution in [0.3, 0.4) is 0 Å². The molecule has 3 N–H and O–H groups in total. The highest BCUT2D eigenvalue weighted by molar-refractivity contribution is 5.77. The molecule has 0 aromatic rings. The zero-order chi connectivity index (χ0) is 13.1. The molecule has 0 aliphatic carbocycles. The van der Waals surface area contributed by atoms with Crippen LogP contribution in [0.25, 0.3) is 0 Å². The van der Waals surface area contributed by atoms with Gasteiger partial charge in [-0.25, -0.2) is 0 Å². The number of esters is 1. The second-order valence-corrected chi connectivity index (χ2v) is 4.49. The van der Waals surface area contributed by atoms with Crippen LogP contribution in [0.2, 0.25) is 0 Å². The van der Waals surface area contributed by atoms with Crippen LogP contribution < -0.4 is 5.73 Å². The number of rotatable bonds is 10. The highest BCUT2D eigenvalue weighted by atomic mass is 16.5. The first kappa shape index (κ1) is 16.4. The number of carbonyl (C=O) groups is 1. The van der Waals surface area contributed by atoms with Crippen molar-refractivity contribution in [1.82, 2.24) is 0 Å². The average Bonchev–Trinajstić information content (AvgIpc) is 2.33. The molecule has 0 rings (SSSR count). The lowest BCUT2D eigenvalue weighted by atomic mass is 9.78. The fraction of sp³-hybridized carbons (Fsp3) is 0.923. The number of aliphatic hydroxyl groups excluding tert-OH is 1. The van der Waals surface area contributed by atoms with E-state index in [1.165, 1.54) is 0 Å². The van der Waals surface area contributed by atoms with Gasteiger partial charge in [-0.3, -0.25) is 4.79 Å². The lowest BCUT2D eigenvalue weighted by molar-refractivity contribution is -0.156. The maximum atomic E-state index is 12.0. The Morgan fingerprint density at radius 1 is 1.24 bits per heavy atom. The quantitative estimate of drug-likeness (QED) is 0.455. The Balaban J connectivity index is 4.41. The van der Waals surface area contributed by atoms with Gasteiger partial charge < -0.3 is 15.6 Å². The van der Waals surface area contributed by atoms with Gasteiger partial charge in [0, 0.05) is 13.2 Å². The van der Waals surface area contributed by atoms with Crippen molar-refractivity contribution in [3.05, 3.63) is 0 Å². The van der Waals surface area contributed by atoms with Crippen LogP contribution >= 0.6 is 0 Å². The first-order valence-corrected chi connectivity index (χ1v) is 6.65.